The summed E-state index contributed by atoms with van der Waals surface area (Å²) >= 11 is 0. The maximum Gasteiger partial charge on any atom is 0.323 e. The molecule has 2 N–H and O–H groups in total. The van der Waals surface area contributed by atoms with Crippen molar-refractivity contribution in [1.82, 2.24) is 0 Å². The monoisotopic (exact) mass is 183 g/mol. The molecule has 74 valence electrons. The molecule has 1 aliphatic heterocycles. The predicted molar refractivity (Wildman–Crippen MR) is 50.6 cm³/mol. The van der Waals surface area contributed by atoms with Crippen LogP contribution in [0.3, 0.4) is 0 Å². The second-order valence-electron chi connectivity index (χ2n) is 3.56. The van der Waals surface area contributed by atoms with Gasteiger partial charge in [0.1, 0.15) is 11.7 Å². The van der Waals surface area contributed by atoms with Crippen LogP contribution >= 0.6 is 0 Å². The molecule has 0 fully saturated rings. The van der Waals surface area contributed by atoms with Crippen LogP contribution in [0.2, 0.25) is 0 Å². The zero-order valence-electron chi connectivity index (χ0n) is 8.30. The van der Waals surface area contributed by atoms with E-state index in [9.17, 15) is 4.79 Å². The molecule has 1 aliphatic rings. The Balaban J connectivity index is 2.87. The van der Waals surface area contributed by atoms with E-state index in [2.05, 4.69) is 13.8 Å². The van der Waals surface area contributed by atoms with Crippen LogP contribution in [-0.2, 0) is 9.53 Å². The first kappa shape index (κ1) is 10.1. The van der Waals surface area contributed by atoms with E-state index in [0.717, 1.165) is 25.7 Å². The van der Waals surface area contributed by atoms with Crippen molar-refractivity contribution in [3.63, 3.8) is 0 Å². The van der Waals surface area contributed by atoms with E-state index in [-0.39, 0.29) is 5.97 Å². The Labute approximate surface area is 78.9 Å². The molecule has 0 saturated carbocycles. The number of carbonyl (C=O) groups excluding carboxylic acids is 1. The number of nitrogens with two attached hydrogens (primary N) is 1. The Morgan fingerprint density at radius 3 is 2.23 bits per heavy atom. The third-order valence-corrected chi connectivity index (χ3v) is 2.59. The van der Waals surface area contributed by atoms with Gasteiger partial charge in [-0.3, -0.25) is 4.79 Å². The van der Waals surface area contributed by atoms with Crippen molar-refractivity contribution >= 4 is 5.97 Å². The van der Waals surface area contributed by atoms with Crippen LogP contribution in [0.1, 0.15) is 39.5 Å². The highest BCUT2D eigenvalue weighted by atomic mass is 16.5. The summed E-state index contributed by atoms with van der Waals surface area (Å²) in [5.41, 5.74) is 5.88. The van der Waals surface area contributed by atoms with Crippen molar-refractivity contribution in [3.8, 4) is 0 Å². The molecule has 0 saturated heterocycles. The van der Waals surface area contributed by atoms with Crippen LogP contribution in [-0.4, -0.2) is 5.97 Å². The van der Waals surface area contributed by atoms with Gasteiger partial charge in [-0.05, 0) is 12.8 Å². The molecule has 0 spiro atoms. The van der Waals surface area contributed by atoms with Gasteiger partial charge in [0.2, 0.25) is 0 Å². The average Bonchev–Trinajstić information content (AvgIpc) is 2.35. The molecule has 0 aromatic rings. The number of hydrogen-bond acceptors (Lipinski definition) is 3. The van der Waals surface area contributed by atoms with E-state index in [1.807, 2.05) is 0 Å². The lowest BCUT2D eigenvalue weighted by Crippen LogP contribution is -2.32. The van der Waals surface area contributed by atoms with Crippen LogP contribution in [0.15, 0.2) is 12.0 Å². The summed E-state index contributed by atoms with van der Waals surface area (Å²) in [5.74, 6) is -0.172. The molecule has 0 aromatic heterocycles. The van der Waals surface area contributed by atoms with Crippen molar-refractivity contribution in [2.24, 2.45) is 11.1 Å². The molecule has 0 bridgehead atoms. The lowest BCUT2D eigenvalue weighted by atomic mass is 9.78. The highest BCUT2D eigenvalue weighted by molar-refractivity contribution is 5.83. The molecule has 3 heteroatoms. The summed E-state index contributed by atoms with van der Waals surface area (Å²) in [6, 6.07) is 0. The minimum atomic E-state index is -0.510. The Morgan fingerprint density at radius 1 is 1.38 bits per heavy atom. The SMILES string of the molecule is CCCC1(CCC)C(=O)OC=C1N. The maximum atomic E-state index is 11.5. The largest absolute Gasteiger partial charge is 0.432 e. The first-order valence-corrected chi connectivity index (χ1v) is 4.84. The number of hydrogen-bond donors (Lipinski definition) is 1. The Bertz CT molecular complexity index is 227. The first-order valence-electron chi connectivity index (χ1n) is 4.84. The number of ether oxygens (including phenoxy) is 1. The molecular weight excluding hydrogens is 166 g/mol. The highest BCUT2D eigenvalue weighted by Gasteiger charge is 2.44. The zero-order chi connectivity index (χ0) is 9.90. The van der Waals surface area contributed by atoms with Crippen LogP contribution in [0, 0.1) is 5.41 Å². The summed E-state index contributed by atoms with van der Waals surface area (Å²) in [6.07, 6.45) is 4.88. The number of esters is 1. The van der Waals surface area contributed by atoms with Gasteiger partial charge in [0.05, 0.1) is 5.70 Å². The smallest absolute Gasteiger partial charge is 0.323 e. The van der Waals surface area contributed by atoms with Gasteiger partial charge in [-0.2, -0.15) is 0 Å². The van der Waals surface area contributed by atoms with Crippen molar-refractivity contribution in [2.75, 3.05) is 0 Å². The summed E-state index contributed by atoms with van der Waals surface area (Å²) in [4.78, 5) is 11.5. The van der Waals surface area contributed by atoms with Gasteiger partial charge in [-0.15, -0.1) is 0 Å². The first-order chi connectivity index (χ1) is 6.17. The van der Waals surface area contributed by atoms with E-state index in [0.29, 0.717) is 5.70 Å². The van der Waals surface area contributed by atoms with Gasteiger partial charge in [0, 0.05) is 0 Å². The normalized spacial score (nSPS) is 19.8. The van der Waals surface area contributed by atoms with E-state index in [1.165, 1.54) is 6.26 Å². The van der Waals surface area contributed by atoms with Gasteiger partial charge in [-0.1, -0.05) is 26.7 Å². The highest BCUT2D eigenvalue weighted by Crippen LogP contribution is 2.40. The predicted octanol–water partition coefficient (Wildman–Crippen LogP) is 1.93. The van der Waals surface area contributed by atoms with E-state index in [1.54, 1.807) is 0 Å². The van der Waals surface area contributed by atoms with E-state index < -0.39 is 5.41 Å². The van der Waals surface area contributed by atoms with Crippen LogP contribution < -0.4 is 5.73 Å². The van der Waals surface area contributed by atoms with Gasteiger partial charge < -0.3 is 10.5 Å². The summed E-state index contributed by atoms with van der Waals surface area (Å²) in [6.45, 7) is 4.10. The quantitative estimate of drug-likeness (QED) is 0.677. The second-order valence-corrected chi connectivity index (χ2v) is 3.56. The molecule has 13 heavy (non-hydrogen) atoms. The molecule has 3 nitrogen and oxygen atoms in total. The standard InChI is InChI=1S/C10H17NO2/c1-3-5-10(6-4-2)8(11)7-13-9(10)12/h7H,3-6,11H2,1-2H3. The Morgan fingerprint density at radius 2 is 1.92 bits per heavy atom. The number of rotatable bonds is 4. The Kier molecular flexibility index (Phi) is 2.96. The van der Waals surface area contributed by atoms with Gasteiger partial charge in [0.25, 0.3) is 0 Å². The van der Waals surface area contributed by atoms with Crippen molar-refractivity contribution < 1.29 is 9.53 Å². The number of carbonyl (C=O) groups is 1. The molecule has 1 heterocycles. The van der Waals surface area contributed by atoms with Gasteiger partial charge >= 0.3 is 5.97 Å². The lowest BCUT2D eigenvalue weighted by Gasteiger charge is -2.25. The van der Waals surface area contributed by atoms with Crippen molar-refractivity contribution in [3.05, 3.63) is 12.0 Å². The van der Waals surface area contributed by atoms with Crippen LogP contribution in [0.5, 0.6) is 0 Å². The van der Waals surface area contributed by atoms with E-state index >= 15 is 0 Å². The fourth-order valence-electron chi connectivity index (χ4n) is 1.93. The second kappa shape index (κ2) is 3.81. The molecule has 0 amide bonds. The van der Waals surface area contributed by atoms with E-state index in [4.69, 9.17) is 10.5 Å². The molecule has 0 aliphatic carbocycles. The molecule has 0 aromatic carbocycles. The third-order valence-electron chi connectivity index (χ3n) is 2.59. The summed E-state index contributed by atoms with van der Waals surface area (Å²) in [5, 5.41) is 0. The zero-order valence-corrected chi connectivity index (χ0v) is 8.30. The fourth-order valence-corrected chi connectivity index (χ4v) is 1.93. The topological polar surface area (TPSA) is 52.3 Å². The van der Waals surface area contributed by atoms with Crippen molar-refractivity contribution in [2.45, 2.75) is 39.5 Å². The van der Waals surface area contributed by atoms with Crippen molar-refractivity contribution in [1.29, 1.82) is 0 Å². The van der Waals surface area contributed by atoms with Gasteiger partial charge in [0.15, 0.2) is 0 Å². The summed E-state index contributed by atoms with van der Waals surface area (Å²) in [7, 11) is 0. The molecule has 1 rings (SSSR count). The Hall–Kier alpha value is -0.990. The molecule has 0 unspecified atom stereocenters. The number of cyclic esters (lactones) is 1. The molecular formula is C10H17NO2. The van der Waals surface area contributed by atoms with Crippen LogP contribution in [0.25, 0.3) is 0 Å². The summed E-state index contributed by atoms with van der Waals surface area (Å²) < 4.78 is 4.86. The fraction of sp³-hybridized carbons (Fsp3) is 0.700. The molecule has 0 atom stereocenters. The molecule has 0 radical (unpaired) electrons. The van der Waals surface area contributed by atoms with Gasteiger partial charge in [-0.25, -0.2) is 0 Å². The minimum Gasteiger partial charge on any atom is -0.432 e. The maximum absolute atomic E-state index is 11.5. The van der Waals surface area contributed by atoms with Crippen LogP contribution in [0.4, 0.5) is 0 Å². The minimum absolute atomic E-state index is 0.172. The lowest BCUT2D eigenvalue weighted by molar-refractivity contribution is -0.145. The average molecular weight is 183 g/mol. The third kappa shape index (κ3) is 1.55.